The van der Waals surface area contributed by atoms with E-state index in [2.05, 4.69) is 10.6 Å². The van der Waals surface area contributed by atoms with E-state index < -0.39 is 11.9 Å². The van der Waals surface area contributed by atoms with E-state index in [-0.39, 0.29) is 17.6 Å². The number of nitrogens with one attached hydrogen (secondary N) is 2. The van der Waals surface area contributed by atoms with Crippen LogP contribution in [-0.4, -0.2) is 32.1 Å². The van der Waals surface area contributed by atoms with E-state index in [0.717, 1.165) is 16.9 Å². The first-order chi connectivity index (χ1) is 14.9. The molecule has 3 aromatic rings. The molecule has 1 heterocycles. The second-order valence-corrected chi connectivity index (χ2v) is 7.31. The van der Waals surface area contributed by atoms with Crippen LogP contribution in [0.5, 0.6) is 11.5 Å². The molecule has 0 saturated carbocycles. The van der Waals surface area contributed by atoms with Crippen LogP contribution in [0.1, 0.15) is 24.4 Å². The van der Waals surface area contributed by atoms with Crippen LogP contribution in [0.4, 0.5) is 5.69 Å². The van der Waals surface area contributed by atoms with E-state index in [9.17, 15) is 9.59 Å². The summed E-state index contributed by atoms with van der Waals surface area (Å²) in [7, 11) is 3.21. The number of benzene rings is 2. The fourth-order valence-electron chi connectivity index (χ4n) is 3.16. The number of anilines is 1. The summed E-state index contributed by atoms with van der Waals surface area (Å²) in [6, 6.07) is 15.4. The molecule has 7 heteroatoms. The Bertz CT molecular complexity index is 1030. The molecule has 0 spiro atoms. The summed E-state index contributed by atoms with van der Waals surface area (Å²) in [5.74, 6) is 0.699. The van der Waals surface area contributed by atoms with Gasteiger partial charge in [0.2, 0.25) is 5.91 Å². The first kappa shape index (κ1) is 22.0. The first-order valence-electron chi connectivity index (χ1n) is 9.90. The van der Waals surface area contributed by atoms with Crippen LogP contribution in [-0.2, 0) is 4.79 Å². The van der Waals surface area contributed by atoms with Crippen LogP contribution in [0.2, 0.25) is 0 Å². The number of hydrogen-bond acceptors (Lipinski definition) is 5. The van der Waals surface area contributed by atoms with Gasteiger partial charge in [-0.15, -0.1) is 0 Å². The van der Waals surface area contributed by atoms with Gasteiger partial charge in [-0.2, -0.15) is 0 Å². The molecule has 0 saturated heterocycles. The van der Waals surface area contributed by atoms with Gasteiger partial charge in [-0.1, -0.05) is 26.0 Å². The molecule has 0 unspecified atom stereocenters. The second kappa shape index (κ2) is 9.84. The van der Waals surface area contributed by atoms with Crippen molar-refractivity contribution in [3.8, 4) is 22.6 Å². The van der Waals surface area contributed by atoms with Gasteiger partial charge in [0.05, 0.1) is 20.5 Å². The number of rotatable bonds is 8. The monoisotopic (exact) mass is 422 g/mol. The van der Waals surface area contributed by atoms with Crippen LogP contribution in [0, 0.1) is 5.92 Å². The molecule has 162 valence electrons. The third kappa shape index (κ3) is 5.25. The molecule has 0 fully saturated rings. The average Bonchev–Trinajstić information content (AvgIpc) is 3.32. The Morgan fingerprint density at radius 3 is 2.29 bits per heavy atom. The molecule has 2 N–H and O–H groups in total. The van der Waals surface area contributed by atoms with E-state index in [0.29, 0.717) is 11.4 Å². The predicted octanol–water partition coefficient (Wildman–Crippen LogP) is 4.36. The van der Waals surface area contributed by atoms with E-state index in [1.54, 1.807) is 38.5 Å². The molecule has 0 radical (unpaired) electrons. The van der Waals surface area contributed by atoms with Crippen molar-refractivity contribution in [3.05, 3.63) is 66.6 Å². The predicted molar refractivity (Wildman–Crippen MR) is 118 cm³/mol. The van der Waals surface area contributed by atoms with Crippen molar-refractivity contribution in [2.24, 2.45) is 5.92 Å². The number of furan rings is 1. The lowest BCUT2D eigenvalue weighted by Crippen LogP contribution is -2.47. The number of methoxy groups -OCH3 is 2. The number of hydrogen-bond donors (Lipinski definition) is 2. The zero-order chi connectivity index (χ0) is 22.4. The van der Waals surface area contributed by atoms with Gasteiger partial charge >= 0.3 is 0 Å². The third-order valence-electron chi connectivity index (χ3n) is 4.85. The molecule has 0 bridgehead atoms. The highest BCUT2D eigenvalue weighted by atomic mass is 16.5. The van der Waals surface area contributed by atoms with Gasteiger partial charge in [0.25, 0.3) is 5.91 Å². The van der Waals surface area contributed by atoms with Gasteiger partial charge in [-0.25, -0.2) is 0 Å². The molecule has 0 aliphatic carbocycles. The fourth-order valence-corrected chi connectivity index (χ4v) is 3.16. The molecule has 1 aromatic heterocycles. The Hall–Kier alpha value is -3.74. The van der Waals surface area contributed by atoms with E-state index >= 15 is 0 Å². The van der Waals surface area contributed by atoms with Gasteiger partial charge in [-0.05, 0) is 53.9 Å². The van der Waals surface area contributed by atoms with Crippen LogP contribution in [0.15, 0.2) is 65.3 Å². The Morgan fingerprint density at radius 2 is 1.71 bits per heavy atom. The van der Waals surface area contributed by atoms with E-state index in [4.69, 9.17) is 13.9 Å². The zero-order valence-electron chi connectivity index (χ0n) is 18.0. The zero-order valence-corrected chi connectivity index (χ0v) is 18.0. The summed E-state index contributed by atoms with van der Waals surface area (Å²) in [5, 5.41) is 5.63. The van der Waals surface area contributed by atoms with Gasteiger partial charge in [0, 0.05) is 11.3 Å². The Morgan fingerprint density at radius 1 is 0.968 bits per heavy atom. The lowest BCUT2D eigenvalue weighted by Gasteiger charge is -2.21. The normalized spacial score (nSPS) is 11.6. The van der Waals surface area contributed by atoms with Crippen LogP contribution in [0.25, 0.3) is 11.1 Å². The van der Waals surface area contributed by atoms with Crippen molar-refractivity contribution < 1.29 is 23.5 Å². The first-order valence-corrected chi connectivity index (χ1v) is 9.90. The molecule has 2 amide bonds. The summed E-state index contributed by atoms with van der Waals surface area (Å²) in [5.41, 5.74) is 2.33. The molecular formula is C24H26N2O5. The highest BCUT2D eigenvalue weighted by molar-refractivity contribution is 6.00. The number of amides is 2. The van der Waals surface area contributed by atoms with Crippen molar-refractivity contribution in [2.75, 3.05) is 19.5 Å². The number of carbonyl (C=O) groups is 2. The van der Waals surface area contributed by atoms with Gasteiger partial charge in [0.1, 0.15) is 17.5 Å². The lowest BCUT2D eigenvalue weighted by atomic mass is 10.0. The van der Waals surface area contributed by atoms with Crippen LogP contribution in [0.3, 0.4) is 0 Å². The second-order valence-electron chi connectivity index (χ2n) is 7.31. The lowest BCUT2D eigenvalue weighted by molar-refractivity contribution is -0.118. The van der Waals surface area contributed by atoms with Crippen molar-refractivity contribution >= 4 is 17.5 Å². The Kier molecular flexibility index (Phi) is 6.97. The SMILES string of the molecule is COc1ccc(-c2cc(NC(=O)[C@@H](NC(=O)c3ccco3)C(C)C)ccc2OC)cc1. The van der Waals surface area contributed by atoms with Crippen LogP contribution < -0.4 is 20.1 Å². The average molecular weight is 422 g/mol. The van der Waals surface area contributed by atoms with Gasteiger partial charge < -0.3 is 24.5 Å². The van der Waals surface area contributed by atoms with Gasteiger partial charge in [0.15, 0.2) is 5.76 Å². The quantitative estimate of drug-likeness (QED) is 0.563. The molecule has 2 aromatic carbocycles. The molecule has 1 atom stereocenters. The fraction of sp³-hybridized carbons (Fsp3) is 0.250. The largest absolute Gasteiger partial charge is 0.497 e. The minimum absolute atomic E-state index is 0.127. The summed E-state index contributed by atoms with van der Waals surface area (Å²) in [6.45, 7) is 3.73. The maximum atomic E-state index is 12.9. The standard InChI is InChI=1S/C24H26N2O5/c1-15(2)22(26-23(27)21-6-5-13-31-21)24(28)25-17-9-12-20(30-4)19(14-17)16-7-10-18(29-3)11-8-16/h5-15,22H,1-4H3,(H,25,28)(H,26,27)/t22-/m0/s1. The number of carbonyl (C=O) groups excluding carboxylic acids is 2. The van der Waals surface area contributed by atoms with E-state index in [1.165, 1.54) is 6.26 Å². The summed E-state index contributed by atoms with van der Waals surface area (Å²) < 4.78 is 15.8. The molecule has 3 rings (SSSR count). The van der Waals surface area contributed by atoms with Crippen molar-refractivity contribution in [1.29, 1.82) is 0 Å². The highest BCUT2D eigenvalue weighted by Gasteiger charge is 2.26. The van der Waals surface area contributed by atoms with Gasteiger partial charge in [-0.3, -0.25) is 9.59 Å². The third-order valence-corrected chi connectivity index (χ3v) is 4.85. The van der Waals surface area contributed by atoms with E-state index in [1.807, 2.05) is 44.2 Å². The molecular weight excluding hydrogens is 396 g/mol. The summed E-state index contributed by atoms with van der Waals surface area (Å²) in [6.07, 6.45) is 1.41. The van der Waals surface area contributed by atoms with Crippen molar-refractivity contribution in [3.63, 3.8) is 0 Å². The topological polar surface area (TPSA) is 89.8 Å². The highest BCUT2D eigenvalue weighted by Crippen LogP contribution is 2.33. The minimum Gasteiger partial charge on any atom is -0.497 e. The van der Waals surface area contributed by atoms with Crippen LogP contribution >= 0.6 is 0 Å². The molecule has 7 nitrogen and oxygen atoms in total. The van der Waals surface area contributed by atoms with Crippen molar-refractivity contribution in [2.45, 2.75) is 19.9 Å². The molecule has 0 aliphatic rings. The molecule has 31 heavy (non-hydrogen) atoms. The Labute approximate surface area is 181 Å². The summed E-state index contributed by atoms with van der Waals surface area (Å²) >= 11 is 0. The van der Waals surface area contributed by atoms with Crippen molar-refractivity contribution in [1.82, 2.24) is 5.32 Å². The maximum absolute atomic E-state index is 12.9. The Balaban J connectivity index is 1.81. The minimum atomic E-state index is -0.732. The number of ether oxygens (including phenoxy) is 2. The summed E-state index contributed by atoms with van der Waals surface area (Å²) in [4.78, 5) is 25.3. The smallest absolute Gasteiger partial charge is 0.287 e. The molecule has 0 aliphatic heterocycles. The maximum Gasteiger partial charge on any atom is 0.287 e.